The fourth-order valence-electron chi connectivity index (χ4n) is 2.47. The van der Waals surface area contributed by atoms with Gasteiger partial charge in [-0.3, -0.25) is 4.72 Å². The van der Waals surface area contributed by atoms with Crippen LogP contribution in [0, 0.1) is 0 Å². The topological polar surface area (TPSA) is 66.4 Å². The number of halogens is 1. The van der Waals surface area contributed by atoms with Crippen LogP contribution in [0.25, 0.3) is 11.1 Å². The fourth-order valence-corrected chi connectivity index (χ4v) is 4.07. The number of nitrogens with one attached hydrogen (secondary N) is 1. The van der Waals surface area contributed by atoms with Gasteiger partial charge in [0.1, 0.15) is 4.90 Å². The van der Waals surface area contributed by atoms with Crippen molar-refractivity contribution in [2.45, 2.75) is 11.5 Å². The Balaban J connectivity index is 1.92. The number of hydrogen-bond donors (Lipinski definition) is 2. The predicted octanol–water partition coefficient (Wildman–Crippen LogP) is 4.30. The lowest BCUT2D eigenvalue weighted by Gasteiger charge is -2.11. The monoisotopic (exact) mass is 373 g/mol. The van der Waals surface area contributed by atoms with Crippen molar-refractivity contribution in [2.75, 3.05) is 4.72 Å². The first-order valence-corrected chi connectivity index (χ1v) is 9.43. The molecule has 0 heterocycles. The van der Waals surface area contributed by atoms with Gasteiger partial charge in [-0.05, 0) is 41.0 Å². The van der Waals surface area contributed by atoms with Gasteiger partial charge in [0.25, 0.3) is 10.0 Å². The zero-order valence-electron chi connectivity index (χ0n) is 13.2. The van der Waals surface area contributed by atoms with E-state index in [1.807, 2.05) is 30.3 Å². The molecule has 4 nitrogen and oxygen atoms in total. The van der Waals surface area contributed by atoms with E-state index in [1.54, 1.807) is 36.4 Å². The Kier molecular flexibility index (Phi) is 5.08. The zero-order valence-corrected chi connectivity index (χ0v) is 14.8. The summed E-state index contributed by atoms with van der Waals surface area (Å²) in [4.78, 5) is 0.00301. The van der Waals surface area contributed by atoms with Crippen molar-refractivity contribution >= 4 is 27.3 Å². The van der Waals surface area contributed by atoms with E-state index in [1.165, 1.54) is 6.07 Å². The van der Waals surface area contributed by atoms with Crippen molar-refractivity contribution in [3.8, 4) is 11.1 Å². The Morgan fingerprint density at radius 2 is 1.64 bits per heavy atom. The zero-order chi connectivity index (χ0) is 17.9. The van der Waals surface area contributed by atoms with Crippen molar-refractivity contribution in [1.82, 2.24) is 0 Å². The molecule has 0 spiro atoms. The summed E-state index contributed by atoms with van der Waals surface area (Å²) in [6, 6.07) is 21.0. The fraction of sp³-hybridized carbons (Fsp3) is 0.0526. The van der Waals surface area contributed by atoms with Crippen LogP contribution in [0.1, 0.15) is 5.56 Å². The van der Waals surface area contributed by atoms with E-state index >= 15 is 0 Å². The number of aliphatic hydroxyl groups excluding tert-OH is 1. The normalized spacial score (nSPS) is 11.3. The lowest BCUT2D eigenvalue weighted by molar-refractivity contribution is 0.282. The summed E-state index contributed by atoms with van der Waals surface area (Å²) in [5, 5.41) is 9.31. The molecule has 0 radical (unpaired) electrons. The van der Waals surface area contributed by atoms with E-state index in [0.717, 1.165) is 11.1 Å². The molecule has 0 amide bonds. The molecule has 128 valence electrons. The van der Waals surface area contributed by atoms with Gasteiger partial charge < -0.3 is 5.11 Å². The Bertz CT molecular complexity index is 989. The summed E-state index contributed by atoms with van der Waals surface area (Å²) in [7, 11) is -3.83. The number of rotatable bonds is 5. The second-order valence-electron chi connectivity index (χ2n) is 5.48. The molecular weight excluding hydrogens is 358 g/mol. The molecule has 0 atom stereocenters. The molecule has 3 aromatic rings. The Morgan fingerprint density at radius 3 is 2.32 bits per heavy atom. The molecule has 0 aliphatic rings. The second kappa shape index (κ2) is 7.27. The van der Waals surface area contributed by atoms with Crippen LogP contribution < -0.4 is 4.72 Å². The van der Waals surface area contributed by atoms with Crippen molar-refractivity contribution in [1.29, 1.82) is 0 Å². The van der Waals surface area contributed by atoms with Crippen molar-refractivity contribution in [3.63, 3.8) is 0 Å². The third-order valence-electron chi connectivity index (χ3n) is 3.69. The smallest absolute Gasteiger partial charge is 0.263 e. The van der Waals surface area contributed by atoms with Gasteiger partial charge in [0.15, 0.2) is 0 Å². The summed E-state index contributed by atoms with van der Waals surface area (Å²) < 4.78 is 27.7. The lowest BCUT2D eigenvalue weighted by atomic mass is 10.1. The Morgan fingerprint density at radius 1 is 0.880 bits per heavy atom. The molecule has 25 heavy (non-hydrogen) atoms. The van der Waals surface area contributed by atoms with Crippen LogP contribution in [0.2, 0.25) is 5.02 Å². The Hall–Kier alpha value is -2.34. The Labute approximate surface area is 151 Å². The van der Waals surface area contributed by atoms with Gasteiger partial charge in [-0.2, -0.15) is 0 Å². The van der Waals surface area contributed by atoms with Gasteiger partial charge in [-0.1, -0.05) is 60.1 Å². The summed E-state index contributed by atoms with van der Waals surface area (Å²) in [5.41, 5.74) is 2.78. The second-order valence-corrected chi connectivity index (χ2v) is 7.53. The maximum Gasteiger partial charge on any atom is 0.263 e. The minimum atomic E-state index is -3.83. The molecule has 0 saturated carbocycles. The summed E-state index contributed by atoms with van der Waals surface area (Å²) in [6.07, 6.45) is 0. The SMILES string of the molecule is O=S(=O)(Nc1cccc(CO)c1)c1ccc(-c2ccccc2)cc1Cl. The van der Waals surface area contributed by atoms with Gasteiger partial charge in [-0.15, -0.1) is 0 Å². The van der Waals surface area contributed by atoms with Crippen molar-refractivity contribution in [3.05, 3.63) is 83.4 Å². The summed E-state index contributed by atoms with van der Waals surface area (Å²) in [6.45, 7) is -0.165. The third kappa shape index (κ3) is 4.02. The number of anilines is 1. The van der Waals surface area contributed by atoms with Crippen molar-refractivity contribution in [2.24, 2.45) is 0 Å². The van der Waals surface area contributed by atoms with Gasteiger partial charge in [0, 0.05) is 5.69 Å². The highest BCUT2D eigenvalue weighted by Crippen LogP contribution is 2.29. The average Bonchev–Trinajstić information content (AvgIpc) is 2.62. The minimum Gasteiger partial charge on any atom is -0.392 e. The third-order valence-corrected chi connectivity index (χ3v) is 5.55. The standard InChI is InChI=1S/C19H16ClNO3S/c20-18-12-16(15-6-2-1-3-7-15)9-10-19(18)25(23,24)21-17-8-4-5-14(11-17)13-22/h1-12,21-22H,13H2. The minimum absolute atomic E-state index is 0.00301. The lowest BCUT2D eigenvalue weighted by Crippen LogP contribution is -2.13. The first-order chi connectivity index (χ1) is 12.0. The van der Waals surface area contributed by atoms with Crippen LogP contribution in [0.4, 0.5) is 5.69 Å². The number of sulfonamides is 1. The molecule has 0 bridgehead atoms. The predicted molar refractivity (Wildman–Crippen MR) is 100 cm³/mol. The van der Waals surface area contributed by atoms with Gasteiger partial charge in [0.05, 0.1) is 11.6 Å². The molecule has 6 heteroatoms. The highest BCUT2D eigenvalue weighted by Gasteiger charge is 2.18. The largest absolute Gasteiger partial charge is 0.392 e. The van der Waals surface area contributed by atoms with Crippen LogP contribution in [-0.4, -0.2) is 13.5 Å². The van der Waals surface area contributed by atoms with Crippen LogP contribution in [0.3, 0.4) is 0 Å². The molecule has 0 fully saturated rings. The molecule has 0 aliphatic heterocycles. The molecule has 3 rings (SSSR count). The quantitative estimate of drug-likeness (QED) is 0.700. The summed E-state index contributed by atoms with van der Waals surface area (Å²) in [5.74, 6) is 0. The van der Waals surface area contributed by atoms with Crippen LogP contribution in [0.5, 0.6) is 0 Å². The van der Waals surface area contributed by atoms with Gasteiger partial charge in [-0.25, -0.2) is 8.42 Å². The molecule has 0 unspecified atom stereocenters. The summed E-state index contributed by atoms with van der Waals surface area (Å²) >= 11 is 6.23. The van der Waals surface area contributed by atoms with Gasteiger partial charge in [0.2, 0.25) is 0 Å². The highest BCUT2D eigenvalue weighted by atomic mass is 35.5. The number of benzene rings is 3. The van der Waals surface area contributed by atoms with E-state index in [0.29, 0.717) is 11.3 Å². The molecule has 0 aliphatic carbocycles. The maximum atomic E-state index is 12.6. The molecule has 3 aromatic carbocycles. The maximum absolute atomic E-state index is 12.6. The molecule has 0 saturated heterocycles. The van der Waals surface area contributed by atoms with E-state index < -0.39 is 10.0 Å². The number of aliphatic hydroxyl groups is 1. The van der Waals surface area contributed by atoms with E-state index in [9.17, 15) is 8.42 Å². The van der Waals surface area contributed by atoms with Crippen LogP contribution in [0.15, 0.2) is 77.7 Å². The van der Waals surface area contributed by atoms with Gasteiger partial charge >= 0.3 is 0 Å². The van der Waals surface area contributed by atoms with Crippen LogP contribution in [-0.2, 0) is 16.6 Å². The van der Waals surface area contributed by atoms with E-state index in [4.69, 9.17) is 16.7 Å². The van der Waals surface area contributed by atoms with Crippen LogP contribution >= 0.6 is 11.6 Å². The average molecular weight is 374 g/mol. The molecule has 2 N–H and O–H groups in total. The molecular formula is C19H16ClNO3S. The number of hydrogen-bond acceptors (Lipinski definition) is 3. The highest BCUT2D eigenvalue weighted by molar-refractivity contribution is 7.92. The first kappa shape index (κ1) is 17.5. The first-order valence-electron chi connectivity index (χ1n) is 7.57. The van der Waals surface area contributed by atoms with E-state index in [2.05, 4.69) is 4.72 Å². The van der Waals surface area contributed by atoms with Crippen molar-refractivity contribution < 1.29 is 13.5 Å². The van der Waals surface area contributed by atoms with E-state index in [-0.39, 0.29) is 16.5 Å². The molecule has 0 aromatic heterocycles.